The Hall–Kier alpha value is -0.730. The number of benzene rings is 1. The molecule has 0 fully saturated rings. The van der Waals surface area contributed by atoms with E-state index in [0.29, 0.717) is 24.0 Å². The van der Waals surface area contributed by atoms with E-state index in [1.54, 1.807) is 19.9 Å². The van der Waals surface area contributed by atoms with Gasteiger partial charge >= 0.3 is 0 Å². The van der Waals surface area contributed by atoms with Gasteiger partial charge in [0.15, 0.2) is 0 Å². The molecule has 0 saturated heterocycles. The highest BCUT2D eigenvalue weighted by Gasteiger charge is 2.12. The average molecular weight is 257 g/mol. The van der Waals surface area contributed by atoms with Crippen molar-refractivity contribution in [1.82, 2.24) is 0 Å². The maximum Gasteiger partial charge on any atom is 0.121 e. The minimum atomic E-state index is -0.695. The number of ether oxygens (including phenoxy) is 1. The first-order valence-corrected chi connectivity index (χ1v) is 6.31. The first-order valence-electron chi connectivity index (χ1n) is 5.93. The predicted octanol–water partition coefficient (Wildman–Crippen LogP) is 4.00. The highest BCUT2D eigenvalue weighted by atomic mass is 35.5. The Kier molecular flexibility index (Phi) is 4.84. The lowest BCUT2D eigenvalue weighted by Crippen LogP contribution is -2.21. The lowest BCUT2D eigenvalue weighted by molar-refractivity contribution is 0.0553. The van der Waals surface area contributed by atoms with Crippen molar-refractivity contribution in [2.75, 3.05) is 6.61 Å². The SMILES string of the molecule is CC(C)c1cc(Cl)cc(OCCC(C)(C)O)c1. The molecule has 0 bridgehead atoms. The van der Waals surface area contributed by atoms with Gasteiger partial charge in [0, 0.05) is 11.4 Å². The summed E-state index contributed by atoms with van der Waals surface area (Å²) < 4.78 is 5.61. The second kappa shape index (κ2) is 5.74. The summed E-state index contributed by atoms with van der Waals surface area (Å²) in [4.78, 5) is 0. The number of aliphatic hydroxyl groups is 1. The van der Waals surface area contributed by atoms with Crippen LogP contribution in [0.25, 0.3) is 0 Å². The van der Waals surface area contributed by atoms with E-state index in [-0.39, 0.29) is 0 Å². The number of hydrogen-bond acceptors (Lipinski definition) is 2. The third kappa shape index (κ3) is 5.42. The third-order valence-corrected chi connectivity index (χ3v) is 2.76. The van der Waals surface area contributed by atoms with E-state index in [0.717, 1.165) is 11.3 Å². The van der Waals surface area contributed by atoms with Crippen molar-refractivity contribution < 1.29 is 9.84 Å². The second-order valence-corrected chi connectivity index (χ2v) is 5.72. The Morgan fingerprint density at radius 1 is 1.29 bits per heavy atom. The quantitative estimate of drug-likeness (QED) is 0.863. The number of rotatable bonds is 5. The second-order valence-electron chi connectivity index (χ2n) is 5.29. The van der Waals surface area contributed by atoms with Gasteiger partial charge in [-0.3, -0.25) is 0 Å². The van der Waals surface area contributed by atoms with Crippen LogP contribution in [0, 0.1) is 0 Å². The standard InChI is InChI=1S/C14H21ClO2/c1-10(2)11-7-12(15)9-13(8-11)17-6-5-14(3,4)16/h7-10,16H,5-6H2,1-4H3. The van der Waals surface area contributed by atoms with E-state index in [4.69, 9.17) is 16.3 Å². The largest absolute Gasteiger partial charge is 0.493 e. The first-order chi connectivity index (χ1) is 7.78. The van der Waals surface area contributed by atoms with Crippen LogP contribution in [0.5, 0.6) is 5.75 Å². The van der Waals surface area contributed by atoms with Crippen LogP contribution in [0.1, 0.15) is 45.6 Å². The zero-order valence-corrected chi connectivity index (χ0v) is 11.7. The van der Waals surface area contributed by atoms with E-state index < -0.39 is 5.60 Å². The molecule has 3 heteroatoms. The van der Waals surface area contributed by atoms with Gasteiger partial charge in [-0.2, -0.15) is 0 Å². The molecule has 1 N–H and O–H groups in total. The van der Waals surface area contributed by atoms with Crippen LogP contribution in [0.4, 0.5) is 0 Å². The van der Waals surface area contributed by atoms with Crippen molar-refractivity contribution in [2.45, 2.75) is 45.6 Å². The van der Waals surface area contributed by atoms with E-state index in [2.05, 4.69) is 13.8 Å². The topological polar surface area (TPSA) is 29.5 Å². The Labute approximate surface area is 109 Å². The average Bonchev–Trinajstić information content (AvgIpc) is 2.14. The third-order valence-electron chi connectivity index (χ3n) is 2.54. The summed E-state index contributed by atoms with van der Waals surface area (Å²) in [6, 6.07) is 5.76. The van der Waals surface area contributed by atoms with Gasteiger partial charge in [0.2, 0.25) is 0 Å². The number of hydrogen-bond donors (Lipinski definition) is 1. The van der Waals surface area contributed by atoms with Gasteiger partial charge in [-0.05, 0) is 43.5 Å². The van der Waals surface area contributed by atoms with Crippen LogP contribution < -0.4 is 4.74 Å². The van der Waals surface area contributed by atoms with Gasteiger partial charge in [0.1, 0.15) is 5.75 Å². The molecule has 0 heterocycles. The summed E-state index contributed by atoms with van der Waals surface area (Å²) in [7, 11) is 0. The van der Waals surface area contributed by atoms with Crippen LogP contribution in [-0.4, -0.2) is 17.3 Å². The van der Waals surface area contributed by atoms with Gasteiger partial charge in [0.05, 0.1) is 12.2 Å². The van der Waals surface area contributed by atoms with Gasteiger partial charge in [0.25, 0.3) is 0 Å². The van der Waals surface area contributed by atoms with Crippen LogP contribution in [0.3, 0.4) is 0 Å². The molecule has 0 unspecified atom stereocenters. The normalized spacial score (nSPS) is 11.9. The molecule has 1 aromatic rings. The highest BCUT2D eigenvalue weighted by molar-refractivity contribution is 6.30. The van der Waals surface area contributed by atoms with Crippen LogP contribution in [-0.2, 0) is 0 Å². The molecule has 0 aromatic heterocycles. The lowest BCUT2D eigenvalue weighted by Gasteiger charge is -2.17. The van der Waals surface area contributed by atoms with Crippen LogP contribution in [0.2, 0.25) is 5.02 Å². The first kappa shape index (κ1) is 14.3. The van der Waals surface area contributed by atoms with E-state index >= 15 is 0 Å². The smallest absolute Gasteiger partial charge is 0.121 e. The zero-order chi connectivity index (χ0) is 13.1. The maximum absolute atomic E-state index is 9.59. The molecule has 1 aromatic carbocycles. The fourth-order valence-electron chi connectivity index (χ4n) is 1.42. The van der Waals surface area contributed by atoms with E-state index in [1.807, 2.05) is 12.1 Å². The number of halogens is 1. The van der Waals surface area contributed by atoms with Gasteiger partial charge < -0.3 is 9.84 Å². The predicted molar refractivity (Wildman–Crippen MR) is 72.0 cm³/mol. The zero-order valence-electron chi connectivity index (χ0n) is 11.0. The van der Waals surface area contributed by atoms with Crippen LogP contribution >= 0.6 is 11.6 Å². The Morgan fingerprint density at radius 3 is 2.47 bits per heavy atom. The Bertz CT molecular complexity index is 367. The molecule has 0 spiro atoms. The molecule has 96 valence electrons. The molecular formula is C14H21ClO2. The van der Waals surface area contributed by atoms with E-state index in [1.165, 1.54) is 0 Å². The van der Waals surface area contributed by atoms with Gasteiger partial charge in [-0.25, -0.2) is 0 Å². The summed E-state index contributed by atoms with van der Waals surface area (Å²) in [5.74, 6) is 1.19. The summed E-state index contributed by atoms with van der Waals surface area (Å²) in [5.41, 5.74) is 0.468. The van der Waals surface area contributed by atoms with Crippen molar-refractivity contribution >= 4 is 11.6 Å². The van der Waals surface area contributed by atoms with Gasteiger partial charge in [-0.15, -0.1) is 0 Å². The summed E-state index contributed by atoms with van der Waals surface area (Å²) in [6.45, 7) is 8.27. The van der Waals surface area contributed by atoms with Crippen molar-refractivity contribution in [2.24, 2.45) is 0 Å². The Balaban J connectivity index is 2.65. The van der Waals surface area contributed by atoms with Gasteiger partial charge in [-0.1, -0.05) is 25.4 Å². The summed E-state index contributed by atoms with van der Waals surface area (Å²) in [5, 5.41) is 10.3. The molecule has 0 atom stereocenters. The molecule has 0 saturated carbocycles. The molecule has 0 amide bonds. The van der Waals surface area contributed by atoms with Crippen molar-refractivity contribution in [3.63, 3.8) is 0 Å². The molecule has 0 aliphatic carbocycles. The van der Waals surface area contributed by atoms with Crippen molar-refractivity contribution in [3.05, 3.63) is 28.8 Å². The molecule has 0 radical (unpaired) electrons. The molecule has 2 nitrogen and oxygen atoms in total. The minimum Gasteiger partial charge on any atom is -0.493 e. The van der Waals surface area contributed by atoms with Crippen molar-refractivity contribution in [1.29, 1.82) is 0 Å². The Morgan fingerprint density at radius 2 is 1.94 bits per heavy atom. The molecule has 17 heavy (non-hydrogen) atoms. The molecule has 0 aliphatic rings. The van der Waals surface area contributed by atoms with Crippen LogP contribution in [0.15, 0.2) is 18.2 Å². The fraction of sp³-hybridized carbons (Fsp3) is 0.571. The molecule has 0 aliphatic heterocycles. The summed E-state index contributed by atoms with van der Waals surface area (Å²) in [6.07, 6.45) is 0.594. The van der Waals surface area contributed by atoms with E-state index in [9.17, 15) is 5.11 Å². The molecule has 1 rings (SSSR count). The fourth-order valence-corrected chi connectivity index (χ4v) is 1.65. The lowest BCUT2D eigenvalue weighted by atomic mass is 10.0. The highest BCUT2D eigenvalue weighted by Crippen LogP contribution is 2.26. The summed E-state index contributed by atoms with van der Waals surface area (Å²) >= 11 is 6.03. The molecular weight excluding hydrogens is 236 g/mol. The minimum absolute atomic E-state index is 0.422. The maximum atomic E-state index is 9.59. The van der Waals surface area contributed by atoms with Crippen molar-refractivity contribution in [3.8, 4) is 5.75 Å². The monoisotopic (exact) mass is 256 g/mol.